The number of aliphatic hydroxyl groups is 2. The van der Waals surface area contributed by atoms with Gasteiger partial charge in [-0.15, -0.1) is 68.0 Å². The molecule has 11 rings (SSSR count). The lowest BCUT2D eigenvalue weighted by Crippen LogP contribution is -2.50. The van der Waals surface area contributed by atoms with Crippen molar-refractivity contribution < 1.29 is 48.5 Å². The van der Waals surface area contributed by atoms with Crippen LogP contribution in [0.4, 0.5) is 0 Å². The van der Waals surface area contributed by atoms with Crippen molar-refractivity contribution in [3.8, 4) is 49.1 Å². The minimum atomic E-state index is -1.42. The molecule has 9 aromatic rings. The second kappa shape index (κ2) is 24.0. The molecule has 2 aliphatic rings. The molecule has 29 heteroatoms. The first kappa shape index (κ1) is 57.4. The molecule has 0 spiro atoms. The van der Waals surface area contributed by atoms with Gasteiger partial charge in [-0.3, -0.25) is 33.6 Å². The summed E-state index contributed by atoms with van der Waals surface area (Å²) in [6.07, 6.45) is -2.86. The van der Waals surface area contributed by atoms with Gasteiger partial charge in [0.2, 0.25) is 11.8 Å². The van der Waals surface area contributed by atoms with E-state index in [2.05, 4.69) is 30.9 Å². The van der Waals surface area contributed by atoms with Gasteiger partial charge >= 0.3 is 5.97 Å². The molecular weight excluding hydrogens is 1200 g/mol. The van der Waals surface area contributed by atoms with Crippen LogP contribution < -0.4 is 32.2 Å². The summed E-state index contributed by atoms with van der Waals surface area (Å²) in [6, 6.07) is 13.9. The van der Waals surface area contributed by atoms with Crippen LogP contribution in [0.1, 0.15) is 117 Å². The number of primary amides is 2. The molecule has 0 unspecified atom stereocenters. The lowest BCUT2D eigenvalue weighted by atomic mass is 10.00. The summed E-state index contributed by atoms with van der Waals surface area (Å²) in [5, 5.41) is 42.1. The van der Waals surface area contributed by atoms with E-state index in [1.807, 2.05) is 6.92 Å². The van der Waals surface area contributed by atoms with Gasteiger partial charge in [0.15, 0.2) is 0 Å². The molecule has 84 heavy (non-hydrogen) atoms. The van der Waals surface area contributed by atoms with Crippen LogP contribution in [0.5, 0.6) is 5.75 Å². The number of esters is 1. The molecule has 0 radical (unpaired) electrons. The average molecular weight is 1240 g/mol. The van der Waals surface area contributed by atoms with Gasteiger partial charge < -0.3 is 47.3 Å². The predicted molar refractivity (Wildman–Crippen MR) is 314 cm³/mol. The molecular formula is C55H47N13O10S6. The van der Waals surface area contributed by atoms with Crippen LogP contribution in [0, 0.1) is 12.8 Å². The SMILES string of the molecule is CC(=O)Oc1ccc(C[C@@H]2NC(=O)c3csc(n3)[C@H]([C@H](O)c3ccccc3)NC(=O)c3nc(sc3C)[C@H](CC(N)=O)NC(=O)c3csc(n3)-c3ccc(-c4nc(C(N)=O)cs4)nc3-c3csc(n3)-c3csc(n3)[C@@H]3[C@@H](C)[C@@H](O)CN3C2=O)cc1. The molecule has 428 valence electrons. The van der Waals surface area contributed by atoms with Crippen molar-refractivity contribution in [1.29, 1.82) is 0 Å². The first-order chi connectivity index (χ1) is 40.3. The van der Waals surface area contributed by atoms with E-state index in [4.69, 9.17) is 36.1 Å². The molecule has 7 atom stereocenters. The maximum Gasteiger partial charge on any atom is 0.308 e. The molecule has 7 aromatic heterocycles. The van der Waals surface area contributed by atoms with Gasteiger partial charge in [0.05, 0.1) is 30.3 Å². The minimum absolute atomic E-state index is 0.0241. The Hall–Kier alpha value is -8.42. The maximum atomic E-state index is 15.2. The Morgan fingerprint density at radius 3 is 2.05 bits per heavy atom. The molecule has 0 saturated carbocycles. The Bertz CT molecular complexity index is 4020. The van der Waals surface area contributed by atoms with Gasteiger partial charge in [-0.2, -0.15) is 0 Å². The molecule has 1 fully saturated rings. The van der Waals surface area contributed by atoms with E-state index in [0.717, 1.165) is 34.0 Å². The van der Waals surface area contributed by atoms with Gasteiger partial charge in [0.1, 0.15) is 93.8 Å². The topological polar surface area (TPSA) is 351 Å². The number of amides is 6. The minimum Gasteiger partial charge on any atom is -0.427 e. The van der Waals surface area contributed by atoms with Crippen LogP contribution in [0.3, 0.4) is 0 Å². The number of hydrogen-bond donors (Lipinski definition) is 7. The molecule has 9 heterocycles. The number of hydrogen-bond acceptors (Lipinski definition) is 23. The van der Waals surface area contributed by atoms with Crippen molar-refractivity contribution in [2.75, 3.05) is 6.54 Å². The fourth-order valence-corrected chi connectivity index (χ4v) is 14.9. The Morgan fingerprint density at radius 1 is 0.679 bits per heavy atom. The molecule has 6 amide bonds. The summed E-state index contributed by atoms with van der Waals surface area (Å²) in [5.41, 5.74) is 14.1. The number of aliphatic hydroxyl groups excluding tert-OH is 2. The van der Waals surface area contributed by atoms with E-state index < -0.39 is 90.1 Å². The molecule has 1 saturated heterocycles. The highest BCUT2D eigenvalue weighted by Crippen LogP contribution is 2.43. The van der Waals surface area contributed by atoms with Crippen LogP contribution in [0.15, 0.2) is 93.6 Å². The van der Waals surface area contributed by atoms with Crippen LogP contribution >= 0.6 is 68.0 Å². The van der Waals surface area contributed by atoms with Gasteiger partial charge in [-0.05, 0) is 42.3 Å². The van der Waals surface area contributed by atoms with Gasteiger partial charge in [-0.1, -0.05) is 49.4 Å². The van der Waals surface area contributed by atoms with E-state index >= 15 is 4.79 Å². The van der Waals surface area contributed by atoms with E-state index in [9.17, 15) is 39.0 Å². The smallest absolute Gasteiger partial charge is 0.308 e. The van der Waals surface area contributed by atoms with Crippen molar-refractivity contribution in [2.45, 2.75) is 70.0 Å². The largest absolute Gasteiger partial charge is 0.427 e. The van der Waals surface area contributed by atoms with E-state index in [-0.39, 0.29) is 51.5 Å². The fraction of sp³-hybridized carbons (Fsp3) is 0.236. The van der Waals surface area contributed by atoms with E-state index in [1.54, 1.807) is 84.4 Å². The van der Waals surface area contributed by atoms with Gasteiger partial charge in [0.25, 0.3) is 23.6 Å². The second-order valence-electron chi connectivity index (χ2n) is 19.5. The first-order valence-electron chi connectivity index (χ1n) is 25.6. The Labute approximate surface area is 500 Å². The highest BCUT2D eigenvalue weighted by Gasteiger charge is 2.45. The molecule has 0 aliphatic carbocycles. The van der Waals surface area contributed by atoms with Crippen LogP contribution in [-0.2, 0) is 20.8 Å². The van der Waals surface area contributed by atoms with Crippen molar-refractivity contribution in [3.63, 3.8) is 0 Å². The zero-order valence-electron chi connectivity index (χ0n) is 44.2. The second-order valence-corrected chi connectivity index (χ2v) is 25.1. The van der Waals surface area contributed by atoms with Gasteiger partial charge in [0, 0.05) is 63.1 Å². The number of carbonyl (C=O) groups excluding carboxylic acids is 7. The standard InChI is InChI=1S/C55H47N13O10S6/c1-23-38(70)17-68-43(23)54-65-37(22-83-54)51-61-33(18-80-51)41-29(13-14-30(58-41)50-62-34(19-81-50)45(57)73)49-63-35(20-79-49)46(74)59-31(16-39(56)71)52-67-40(24(2)84-52)48(76)66-42(44(72)27-7-5-4-6-8-27)53-64-36(21-82-53)47(75)60-32(55(68)77)15-26-9-11-28(12-10-26)78-25(3)69/h4-14,18-23,31-32,38,42-44,70,72H,15-17H2,1-3H3,(H2,56,71)(H2,57,73)(H,59,74)(H,60,75)(H,66,76)/t23-,31-,32-,38-,42-,43-,44+/m0/s1. The Morgan fingerprint density at radius 2 is 1.32 bits per heavy atom. The number of thiazole rings is 6. The fourth-order valence-electron chi connectivity index (χ4n) is 9.54. The summed E-state index contributed by atoms with van der Waals surface area (Å²) in [6.45, 7) is 4.61. The average Bonchev–Trinajstić information content (AvgIpc) is 2.64. The van der Waals surface area contributed by atoms with E-state index in [0.29, 0.717) is 64.4 Å². The van der Waals surface area contributed by atoms with Crippen molar-refractivity contribution in [1.82, 2.24) is 55.7 Å². The number of aryl methyl sites for hydroxylation is 1. The normalized spacial score (nSPS) is 19.6. The Kier molecular flexibility index (Phi) is 16.4. The molecule has 2 aromatic carbocycles. The number of carbonyl (C=O) groups is 7. The quantitative estimate of drug-likeness (QED) is 0.0590. The summed E-state index contributed by atoms with van der Waals surface area (Å²) in [5.74, 6) is -5.02. The third-order valence-electron chi connectivity index (χ3n) is 13.7. The number of aromatic nitrogens is 7. The number of pyridine rings is 1. The number of rotatable bonds is 9. The number of nitrogens with zero attached hydrogens (tertiary/aromatic N) is 8. The highest BCUT2D eigenvalue weighted by atomic mass is 32.1. The number of fused-ring (bicyclic) bond motifs is 16. The predicted octanol–water partition coefficient (Wildman–Crippen LogP) is 6.61. The number of benzene rings is 2. The zero-order chi connectivity index (χ0) is 59.1. The molecule has 2 aliphatic heterocycles. The lowest BCUT2D eigenvalue weighted by molar-refractivity contribution is -0.135. The maximum absolute atomic E-state index is 15.2. The molecule has 9 N–H and O–H groups in total. The van der Waals surface area contributed by atoms with Crippen molar-refractivity contribution in [3.05, 3.63) is 147 Å². The zero-order valence-corrected chi connectivity index (χ0v) is 49.1. The van der Waals surface area contributed by atoms with Crippen molar-refractivity contribution in [2.24, 2.45) is 17.4 Å². The molecule has 23 nitrogen and oxygen atoms in total. The monoisotopic (exact) mass is 1240 g/mol. The summed E-state index contributed by atoms with van der Waals surface area (Å²) >= 11 is 6.85. The number of nitrogens with two attached hydrogens (primary N) is 2. The lowest BCUT2D eigenvalue weighted by Gasteiger charge is -2.29. The Balaban J connectivity index is 1.02. The van der Waals surface area contributed by atoms with Crippen LogP contribution in [0.2, 0.25) is 0 Å². The highest BCUT2D eigenvalue weighted by molar-refractivity contribution is 7.15. The van der Waals surface area contributed by atoms with Crippen LogP contribution in [-0.4, -0.2) is 110 Å². The summed E-state index contributed by atoms with van der Waals surface area (Å²) in [4.78, 5) is 130. The van der Waals surface area contributed by atoms with Gasteiger partial charge in [-0.25, -0.2) is 34.9 Å². The third-order valence-corrected chi connectivity index (χ3v) is 19.2. The number of ether oxygens (including phenoxy) is 1. The molecule has 10 bridgehead atoms. The van der Waals surface area contributed by atoms with E-state index in [1.165, 1.54) is 62.0 Å². The third kappa shape index (κ3) is 12.0. The summed E-state index contributed by atoms with van der Waals surface area (Å²) in [7, 11) is 0. The number of nitrogens with one attached hydrogen (secondary N) is 3. The summed E-state index contributed by atoms with van der Waals surface area (Å²) < 4.78 is 5.25. The van der Waals surface area contributed by atoms with Crippen molar-refractivity contribution >= 4 is 109 Å². The van der Waals surface area contributed by atoms with Crippen LogP contribution in [0.25, 0.3) is 43.4 Å². The first-order valence-corrected chi connectivity index (χ1v) is 30.8.